The van der Waals surface area contributed by atoms with Gasteiger partial charge >= 0.3 is 11.9 Å². The molecule has 1 aromatic heterocycles. The van der Waals surface area contributed by atoms with E-state index >= 15 is 0 Å². The highest BCUT2D eigenvalue weighted by atomic mass is 32.2. The van der Waals surface area contributed by atoms with Crippen LogP contribution in [0.3, 0.4) is 0 Å². The summed E-state index contributed by atoms with van der Waals surface area (Å²) in [6, 6.07) is 7.83. The Labute approximate surface area is 328 Å². The number of aliphatic carboxylic acids is 1. The number of aryl methyl sites for hydroxylation is 2. The van der Waals surface area contributed by atoms with Gasteiger partial charge in [-0.2, -0.15) is 5.10 Å². The Morgan fingerprint density at radius 1 is 0.891 bits per heavy atom. The van der Waals surface area contributed by atoms with Gasteiger partial charge in [0.1, 0.15) is 5.82 Å². The summed E-state index contributed by atoms with van der Waals surface area (Å²) in [5, 5.41) is 23.4. The largest absolute Gasteiger partial charge is 0.481 e. The minimum absolute atomic E-state index is 0.122. The quantitative estimate of drug-likeness (QED) is 0.0413. The number of nitrogens with zero attached hydrogens (tertiary/aromatic N) is 4. The van der Waals surface area contributed by atoms with Crippen LogP contribution in [0.15, 0.2) is 24.3 Å². The number of carboxylic acids is 1. The molecule has 6 N–H and O–H groups in total. The van der Waals surface area contributed by atoms with Gasteiger partial charge in [-0.05, 0) is 120 Å². The normalized spacial score (nSPS) is 13.0. The van der Waals surface area contributed by atoms with Gasteiger partial charge in [0.2, 0.25) is 5.91 Å². The smallest absolute Gasteiger partial charge is 0.338 e. The molecule has 0 unspecified atom stereocenters. The number of carbonyl (C=O) groups excluding carboxylic acids is 3. The second-order valence-electron chi connectivity index (χ2n) is 13.9. The number of H-pyrrole nitrogens is 1. The van der Waals surface area contributed by atoms with E-state index in [2.05, 4.69) is 31.6 Å². The molecular weight excluding hydrogens is 725 g/mol. The van der Waals surface area contributed by atoms with Gasteiger partial charge in [-0.25, -0.2) is 20.4 Å². The van der Waals surface area contributed by atoms with Crippen molar-refractivity contribution in [2.24, 2.45) is 5.84 Å². The molecule has 0 bridgehead atoms. The van der Waals surface area contributed by atoms with E-state index in [1.54, 1.807) is 0 Å². The van der Waals surface area contributed by atoms with E-state index in [9.17, 15) is 14.4 Å². The summed E-state index contributed by atoms with van der Waals surface area (Å²) >= 11 is 1.40. The van der Waals surface area contributed by atoms with E-state index in [-0.39, 0.29) is 17.8 Å². The highest BCUT2D eigenvalue weighted by Crippen LogP contribution is 2.45. The van der Waals surface area contributed by atoms with Crippen LogP contribution in [-0.2, 0) is 25.5 Å². The molecule has 15 nitrogen and oxygen atoms in total. The van der Waals surface area contributed by atoms with Crippen molar-refractivity contribution >= 4 is 40.6 Å². The van der Waals surface area contributed by atoms with Crippen LogP contribution in [-0.4, -0.2) is 121 Å². The minimum Gasteiger partial charge on any atom is -0.481 e. The van der Waals surface area contributed by atoms with Crippen molar-refractivity contribution in [1.82, 2.24) is 30.4 Å². The number of hydrogen-bond donors (Lipinski definition) is 5. The van der Waals surface area contributed by atoms with Gasteiger partial charge in [0, 0.05) is 44.0 Å². The molecule has 55 heavy (non-hydrogen) atoms. The van der Waals surface area contributed by atoms with Crippen molar-refractivity contribution in [3.05, 3.63) is 69.0 Å². The molecular formula is C39H58N8O7S. The molecule has 2 aliphatic rings. The molecule has 3 aromatic rings. The van der Waals surface area contributed by atoms with E-state index in [0.29, 0.717) is 40.3 Å². The van der Waals surface area contributed by atoms with Gasteiger partial charge in [-0.15, -0.1) is 11.8 Å². The number of hydrazine groups is 1. The van der Waals surface area contributed by atoms with Crippen LogP contribution in [0.5, 0.6) is 0 Å². The fraction of sp³-hybridized carbons (Fsp3) is 0.513. The number of aromatic nitrogens is 3. The summed E-state index contributed by atoms with van der Waals surface area (Å²) < 4.78 is 9.69. The maximum Gasteiger partial charge on any atom is 0.338 e. The number of esters is 2. The average molecular weight is 783 g/mol. The zero-order valence-electron chi connectivity index (χ0n) is 33.8. The Hall–Kier alpha value is -4.64. The summed E-state index contributed by atoms with van der Waals surface area (Å²) in [5.41, 5.74) is 9.34. The first-order valence-corrected chi connectivity index (χ1v) is 19.2. The summed E-state index contributed by atoms with van der Waals surface area (Å²) in [5.74, 6) is 5.88. The van der Waals surface area contributed by atoms with Crippen molar-refractivity contribution < 1.29 is 33.8 Å². The first-order valence-electron chi connectivity index (χ1n) is 18.0. The van der Waals surface area contributed by atoms with E-state index in [4.69, 9.17) is 30.6 Å². The Morgan fingerprint density at radius 3 is 1.84 bits per heavy atom. The van der Waals surface area contributed by atoms with Crippen molar-refractivity contribution in [2.45, 2.75) is 71.1 Å². The van der Waals surface area contributed by atoms with Gasteiger partial charge in [0.25, 0.3) is 5.97 Å². The number of aromatic amines is 1. The summed E-state index contributed by atoms with van der Waals surface area (Å²) in [4.78, 5) is 51.8. The number of ether oxygens (including phenoxy) is 2. The molecule has 2 saturated carbocycles. The summed E-state index contributed by atoms with van der Waals surface area (Å²) in [7, 11) is 10.7. The van der Waals surface area contributed by atoms with E-state index in [1.165, 1.54) is 62.8 Å². The highest BCUT2D eigenvalue weighted by molar-refractivity contribution is 8.13. The Morgan fingerprint density at radius 2 is 1.38 bits per heavy atom. The topological polar surface area (TPSA) is 217 Å². The fourth-order valence-electron chi connectivity index (χ4n) is 5.34. The van der Waals surface area contributed by atoms with Crippen LogP contribution < -0.4 is 11.3 Å². The number of carboxylic acid groups (broad SMARTS) is 1. The predicted octanol–water partition coefficient (Wildman–Crippen LogP) is 4.91. The maximum atomic E-state index is 12.0. The number of methoxy groups -OCH3 is 2. The minimum atomic E-state index is -0.833. The van der Waals surface area contributed by atoms with Gasteiger partial charge in [0.15, 0.2) is 5.82 Å². The third-order valence-corrected chi connectivity index (χ3v) is 9.23. The number of rotatable bonds is 12. The molecule has 5 rings (SSSR count). The molecule has 0 atom stereocenters. The maximum absolute atomic E-state index is 12.0. The van der Waals surface area contributed by atoms with E-state index in [1.807, 2.05) is 71.4 Å². The van der Waals surface area contributed by atoms with Crippen molar-refractivity contribution in [3.63, 3.8) is 0 Å². The van der Waals surface area contributed by atoms with Crippen LogP contribution in [0, 0.1) is 19.3 Å². The van der Waals surface area contributed by atoms with E-state index < -0.39 is 5.97 Å². The van der Waals surface area contributed by atoms with Crippen LogP contribution >= 0.6 is 11.8 Å². The second-order valence-corrected chi connectivity index (χ2v) is 14.7. The zero-order valence-corrected chi connectivity index (χ0v) is 34.6. The first-order chi connectivity index (χ1) is 26.0. The van der Waals surface area contributed by atoms with Crippen molar-refractivity contribution in [1.29, 1.82) is 5.41 Å². The number of hydrogen-bond acceptors (Lipinski definition) is 13. The number of benzene rings is 2. The van der Waals surface area contributed by atoms with Gasteiger partial charge in [0.05, 0.1) is 30.4 Å². The third-order valence-electron chi connectivity index (χ3n) is 8.60. The number of amides is 1. The lowest BCUT2D eigenvalue weighted by molar-refractivity contribution is -0.134. The number of likely N-dealkylation sites (N-methyl/N-ethyl adjacent to an activating group) is 1. The number of carbonyl (C=O) groups is 4. The SMILES string of the molecule is CC(=O)O.CN(C)CCC(=O)NN.COC(=O)c1cc(-c2n[nH]c(CCN(C)C)n2)c(C2CC2)cc1C.COC(=O)c1cc(C(=N)SC)c(C2CC2)cc1C. The van der Waals surface area contributed by atoms with Crippen LogP contribution in [0.2, 0.25) is 0 Å². The lowest BCUT2D eigenvalue weighted by Gasteiger charge is -2.13. The third kappa shape index (κ3) is 15.6. The molecule has 16 heteroatoms. The second kappa shape index (κ2) is 22.7. The summed E-state index contributed by atoms with van der Waals surface area (Å²) in [6.45, 7) is 6.60. The van der Waals surface area contributed by atoms with Gasteiger partial charge in [-0.1, -0.05) is 12.1 Å². The van der Waals surface area contributed by atoms with Crippen LogP contribution in [0.4, 0.5) is 0 Å². The standard InChI is InChI=1S/C18H24N4O2.C14H17NO2S.C5H13N3O.C2H4O2/c1-11-9-14(12-5-6-12)15(10-13(11)18(23)24-4)17-19-16(20-21-17)7-8-22(2)3;1-8-6-11(9-4-5-9)12(13(15)18-3)7-10(8)14(16)17-2;1-8(2)4-3-5(9)7-6;1-2(3)4/h9-10,12H,5-8H2,1-4H3,(H,19,20,21);6-7,9,15H,4-5H2,1-3H3;3-4,6H2,1-2H3,(H,7,9);1H3,(H,3,4). The monoisotopic (exact) mass is 782 g/mol. The fourth-order valence-corrected chi connectivity index (χ4v) is 5.74. The number of thioether (sulfide) groups is 1. The molecule has 0 spiro atoms. The molecule has 2 aliphatic carbocycles. The number of nitrogens with two attached hydrogens (primary N) is 1. The molecule has 0 radical (unpaired) electrons. The van der Waals surface area contributed by atoms with Crippen molar-refractivity contribution in [3.8, 4) is 11.4 Å². The molecule has 0 saturated heterocycles. The molecule has 0 aliphatic heterocycles. The predicted molar refractivity (Wildman–Crippen MR) is 216 cm³/mol. The Kier molecular flexibility index (Phi) is 19.2. The molecule has 1 heterocycles. The highest BCUT2D eigenvalue weighted by Gasteiger charge is 2.30. The molecule has 2 aromatic carbocycles. The summed E-state index contributed by atoms with van der Waals surface area (Å²) in [6.07, 6.45) is 7.90. The lowest BCUT2D eigenvalue weighted by atomic mass is 9.95. The Bertz CT molecular complexity index is 1780. The van der Waals surface area contributed by atoms with Crippen LogP contribution in [0.25, 0.3) is 11.4 Å². The molecule has 1 amide bonds. The molecule has 302 valence electrons. The number of nitrogens with one attached hydrogen (secondary N) is 3. The Balaban J connectivity index is 0.000000296. The van der Waals surface area contributed by atoms with Gasteiger partial charge < -0.3 is 24.4 Å². The zero-order chi connectivity index (χ0) is 41.4. The van der Waals surface area contributed by atoms with Gasteiger partial charge in [-0.3, -0.25) is 25.5 Å². The first kappa shape index (κ1) is 46.5. The lowest BCUT2D eigenvalue weighted by Crippen LogP contribution is -2.32. The molecule has 2 fully saturated rings. The van der Waals surface area contributed by atoms with E-state index in [0.717, 1.165) is 54.5 Å². The van der Waals surface area contributed by atoms with Crippen LogP contribution in [0.1, 0.15) is 105 Å². The average Bonchev–Trinajstić information content (AvgIpc) is 4.10. The van der Waals surface area contributed by atoms with Crippen molar-refractivity contribution in [2.75, 3.05) is 61.8 Å².